The van der Waals surface area contributed by atoms with Crippen molar-refractivity contribution in [2.75, 3.05) is 107 Å². The van der Waals surface area contributed by atoms with Crippen LogP contribution in [0.5, 0.6) is 0 Å². The van der Waals surface area contributed by atoms with Crippen LogP contribution in [0.3, 0.4) is 0 Å². The molecule has 51 nitrogen and oxygen atoms in total. The fourth-order valence-electron chi connectivity index (χ4n) is 22.7. The van der Waals surface area contributed by atoms with Crippen LogP contribution in [-0.4, -0.2) is 331 Å². The van der Waals surface area contributed by atoms with Gasteiger partial charge in [-0.05, 0) is 159 Å². The van der Waals surface area contributed by atoms with Crippen molar-refractivity contribution in [3.63, 3.8) is 0 Å². The first-order valence-corrected chi connectivity index (χ1v) is 56.4. The number of aliphatic hydroxyl groups is 2. The largest absolute Gasteiger partial charge is 0.508 e. The molecule has 10 bridgehead atoms. The van der Waals surface area contributed by atoms with Gasteiger partial charge in [-0.15, -0.1) is 0 Å². The van der Waals surface area contributed by atoms with E-state index in [-0.39, 0.29) is 148 Å². The number of nitriles is 1. The monoisotopic (exact) mass is 2230 g/mol. The summed E-state index contributed by atoms with van der Waals surface area (Å²) in [7, 11) is -17.6. The zero-order chi connectivity index (χ0) is 111. The molecule has 10 aliphatic carbocycles. The molecule has 0 spiro atoms. The van der Waals surface area contributed by atoms with E-state index in [9.17, 15) is 125 Å². The quantitative estimate of drug-likeness (QED) is 0.0255. The number of methoxy groups -OCH3 is 2. The summed E-state index contributed by atoms with van der Waals surface area (Å²) in [5, 5.41) is 25.5. The van der Waals surface area contributed by atoms with Gasteiger partial charge in [-0.3, -0.25) is 64.1 Å². The van der Waals surface area contributed by atoms with Gasteiger partial charge in [0.1, 0.15) is 144 Å². The second kappa shape index (κ2) is 45.7. The maximum atomic E-state index is 12.7. The molecule has 15 aliphatic rings. The number of carbonyl (C=O) groups is 14. The molecular weight excluding hydrogens is 2090 g/mol. The van der Waals surface area contributed by atoms with Crippen LogP contribution in [0.4, 0.5) is 24.0 Å². The molecular formula is C93H135NO50S5. The van der Waals surface area contributed by atoms with Crippen molar-refractivity contribution in [2.24, 2.45) is 96.1 Å². The van der Waals surface area contributed by atoms with E-state index in [1.165, 1.54) is 14.0 Å². The van der Waals surface area contributed by atoms with Crippen molar-refractivity contribution in [1.82, 2.24) is 0 Å². The van der Waals surface area contributed by atoms with Gasteiger partial charge in [0, 0.05) is 64.1 Å². The van der Waals surface area contributed by atoms with Crippen LogP contribution < -0.4 is 0 Å². The number of aliphatic hydroxyl groups excluding tert-OH is 2. The van der Waals surface area contributed by atoms with Crippen LogP contribution in [0.2, 0.25) is 0 Å². The standard InChI is InChI=1S/C22H32O12S.2C18H26O10S.C18H28O10S.C17H23NO8S/c1-5-20(3,4)18(25)30-8-9-31-19(26)33-16-17-22(6-7-29-13-23)11-21(16,12-32-14(2)24)10-15(22)35(27,28)34-17;1-5-17(2,3)14(19)25-6-7-26-16(21)27-12-10-8-11-13(12)28-29(22,23)18(11,9-10)15(20)24-4;1-5-18(2,3)16(20)25-6-7-26-17(21)27-12-9-8-10-13(12)28-29(22,23)14(10)11(9)15(19)24-4;1-4-16(2,3)14(21)25-5-6-26-15(22)27-12-13-18(10-20)8-17(12,9-19)7-11(18)29(23,24)28-13;1-4-17(2,3)15(19)23-5-6-24-16(20)25-12-9-7-10-13(12)26-27(21,22)14(10)11(9)8-18/h13,15-17H,5-12H2,1-4H3;10-13H,5-9H2,1-4H3;9-14H,5-8H2,1-4H3;11-13,19-20H,4-10H2,1-3H3;9-14H,4-7H2,1-3H3. The van der Waals surface area contributed by atoms with Crippen LogP contribution in [0.25, 0.3) is 0 Å². The number of nitrogens with zero attached hydrogens (tertiary/aromatic N) is 1. The van der Waals surface area contributed by atoms with Gasteiger partial charge < -0.3 is 100 Å². The fourth-order valence-corrected chi connectivity index (χ4v) is 33.1. The molecule has 0 aromatic carbocycles. The molecule has 5 heterocycles. The molecule has 0 radical (unpaired) electrons. The molecule has 0 aromatic rings. The summed E-state index contributed by atoms with van der Waals surface area (Å²) in [5.74, 6) is -8.43. The maximum absolute atomic E-state index is 12.7. The number of hydrogen-bond donors (Lipinski definition) is 2. The molecule has 2 N–H and O–H groups in total. The van der Waals surface area contributed by atoms with Gasteiger partial charge in [-0.25, -0.2) is 24.0 Å². The first kappa shape index (κ1) is 120. The maximum Gasteiger partial charge on any atom is 0.508 e. The number of carbonyl (C=O) groups excluding carboxylic acids is 14. The summed E-state index contributed by atoms with van der Waals surface area (Å²) >= 11 is 0. The van der Waals surface area contributed by atoms with Crippen LogP contribution in [-0.2, 0) is 205 Å². The summed E-state index contributed by atoms with van der Waals surface area (Å²) in [6.07, 6.45) is -9.77. The second-order valence-electron chi connectivity index (χ2n) is 43.0. The van der Waals surface area contributed by atoms with Gasteiger partial charge in [-0.2, -0.15) is 47.4 Å². The minimum Gasteiger partial charge on any atom is -0.469 e. The van der Waals surface area contributed by atoms with Crippen molar-refractivity contribution in [3.8, 4) is 6.07 Å². The average molecular weight is 2230 g/mol. The highest BCUT2D eigenvalue weighted by molar-refractivity contribution is 7.89. The van der Waals surface area contributed by atoms with Crippen LogP contribution in [0, 0.1) is 107 Å². The highest BCUT2D eigenvalue weighted by Crippen LogP contribution is 2.72. The minimum absolute atomic E-state index is 0.0230. The van der Waals surface area contributed by atoms with Gasteiger partial charge in [-0.1, -0.05) is 34.6 Å². The van der Waals surface area contributed by atoms with E-state index in [0.29, 0.717) is 51.4 Å². The molecule has 27 atom stereocenters. The normalized spacial score (nSPS) is 34.3. The highest BCUT2D eigenvalue weighted by atomic mass is 32.2. The van der Waals surface area contributed by atoms with E-state index in [2.05, 4.69) is 0 Å². The van der Waals surface area contributed by atoms with E-state index >= 15 is 0 Å². The second-order valence-corrected chi connectivity index (χ2v) is 51.8. The number of esters is 8. The van der Waals surface area contributed by atoms with Crippen molar-refractivity contribution in [1.29, 1.82) is 5.26 Å². The van der Waals surface area contributed by atoms with E-state index in [1.807, 2.05) is 40.7 Å². The molecule has 5 saturated heterocycles. The van der Waals surface area contributed by atoms with Crippen LogP contribution >= 0.6 is 0 Å². The molecule has 0 amide bonds. The first-order chi connectivity index (χ1) is 69.5. The lowest BCUT2D eigenvalue weighted by molar-refractivity contribution is -0.156. The Kier molecular flexibility index (Phi) is 36.7. The van der Waals surface area contributed by atoms with E-state index in [1.54, 1.807) is 69.2 Å². The zero-order valence-electron chi connectivity index (χ0n) is 86.1. The summed E-state index contributed by atoms with van der Waals surface area (Å²) in [6.45, 7) is 25.4. The summed E-state index contributed by atoms with van der Waals surface area (Å²) in [6, 6.07) is 2.02. The lowest BCUT2D eigenvalue weighted by atomic mass is 9.76. The third kappa shape index (κ3) is 23.5. The SMILES string of the molecule is CCC(C)(C)C(=O)OCCOC(=O)OC1C2CC3C1OS(=O)(=O)C3(C(=O)OC)C2.CCC(C)(C)C(=O)OCCOC(=O)OC1C2CC3C1OS(=O)(=O)C3C2C#N.CCC(C)(C)C(=O)OCCOC(=O)OC1C2CC3C1OS(=O)(=O)C3C2C(=O)OC.CCC(C)(C)C(=O)OCCOC(=O)OC1C2OS(=O)(=O)C3CC1(CO)CC23CO.CCC(C)(C)C(=O)OCCOC(=O)OC1C2OS(=O)(=O)C3CC1(COC(C)=O)CC23CCOC=O. The number of rotatable bonds is 40. The van der Waals surface area contributed by atoms with E-state index in [0.717, 1.165) is 7.11 Å². The molecule has 842 valence electrons. The Labute approximate surface area is 862 Å². The molecule has 149 heavy (non-hydrogen) atoms. The third-order valence-electron chi connectivity index (χ3n) is 32.6. The fraction of sp³-hybridized carbons (Fsp3) is 0.839. The molecule has 10 saturated carbocycles. The zero-order valence-corrected chi connectivity index (χ0v) is 90.1. The third-order valence-corrected chi connectivity index (χ3v) is 41.8. The van der Waals surface area contributed by atoms with Gasteiger partial charge in [0.15, 0.2) is 4.75 Å². The lowest BCUT2D eigenvalue weighted by Gasteiger charge is -2.36. The van der Waals surface area contributed by atoms with E-state index in [4.69, 9.17) is 111 Å². The average Bonchev–Trinajstić information content (AvgIpc) is 0.995. The van der Waals surface area contributed by atoms with Gasteiger partial charge in [0.2, 0.25) is 0 Å². The molecule has 0 aromatic heterocycles. The Morgan fingerprint density at radius 1 is 0.409 bits per heavy atom. The molecule has 15 rings (SSSR count). The summed E-state index contributed by atoms with van der Waals surface area (Å²) < 4.78 is 244. The lowest BCUT2D eigenvalue weighted by Crippen LogP contribution is -2.50. The molecule has 56 heteroatoms. The summed E-state index contributed by atoms with van der Waals surface area (Å²) in [5.41, 5.74) is -7.29. The Morgan fingerprint density at radius 3 is 1.17 bits per heavy atom. The van der Waals surface area contributed by atoms with Crippen LogP contribution in [0.1, 0.15) is 201 Å². The highest BCUT2D eigenvalue weighted by Gasteiger charge is 2.83. The Balaban J connectivity index is 0.000000177. The van der Waals surface area contributed by atoms with E-state index < -0.39 is 301 Å². The molecule has 5 aliphatic heterocycles. The molecule has 27 unspecified atom stereocenters. The van der Waals surface area contributed by atoms with Crippen molar-refractivity contribution in [2.45, 2.75) is 287 Å². The Morgan fingerprint density at radius 2 is 0.779 bits per heavy atom. The van der Waals surface area contributed by atoms with Crippen molar-refractivity contribution in [3.05, 3.63) is 0 Å². The van der Waals surface area contributed by atoms with Crippen molar-refractivity contribution < 1.29 is 230 Å². The first-order valence-electron chi connectivity index (χ1n) is 49.1. The van der Waals surface area contributed by atoms with Gasteiger partial charge >= 0.3 is 78.5 Å². The number of ether oxygens (including phenoxy) is 19. The predicted molar refractivity (Wildman–Crippen MR) is 495 cm³/mol. The van der Waals surface area contributed by atoms with Crippen LogP contribution in [0.15, 0.2) is 0 Å². The number of hydrogen-bond acceptors (Lipinski definition) is 51. The number of fused-ring (bicyclic) bond motifs is 5. The summed E-state index contributed by atoms with van der Waals surface area (Å²) in [4.78, 5) is 167. The molecule has 15 fully saturated rings. The predicted octanol–water partition coefficient (Wildman–Crippen LogP) is 5.41. The Hall–Kier alpha value is -9.46. The smallest absolute Gasteiger partial charge is 0.469 e. The van der Waals surface area contributed by atoms with Gasteiger partial charge in [0.25, 0.3) is 57.1 Å². The Bertz CT molecular complexity index is 5680. The topological polar surface area (TPSA) is 695 Å². The van der Waals surface area contributed by atoms with Gasteiger partial charge in [0.05, 0.1) is 89.5 Å². The minimum atomic E-state index is -4.18. The van der Waals surface area contributed by atoms with Crippen molar-refractivity contribution >= 4 is 136 Å².